The van der Waals surface area contributed by atoms with Gasteiger partial charge in [0.2, 0.25) is 0 Å². The summed E-state index contributed by atoms with van der Waals surface area (Å²) in [4.78, 5) is 11.3. The number of hydrogen-bond donors (Lipinski definition) is 1. The van der Waals surface area contributed by atoms with E-state index < -0.39 is 16.0 Å². The van der Waals surface area contributed by atoms with Gasteiger partial charge < -0.3 is 5.11 Å². The van der Waals surface area contributed by atoms with Crippen molar-refractivity contribution in [1.82, 2.24) is 9.19 Å². The third kappa shape index (κ3) is 3.06. The highest BCUT2D eigenvalue weighted by Crippen LogP contribution is 2.32. The molecule has 0 unspecified atom stereocenters. The number of carboxylic acid groups (broad SMARTS) is 1. The van der Waals surface area contributed by atoms with E-state index in [1.807, 2.05) is 24.3 Å². The number of hydrogen-bond acceptors (Lipinski definition) is 4. The number of aromatic carboxylic acids is 1. The topological polar surface area (TPSA) is 89.3 Å². The van der Waals surface area contributed by atoms with Gasteiger partial charge >= 0.3 is 5.97 Å². The lowest BCUT2D eigenvalue weighted by molar-refractivity contribution is 0.0697. The Morgan fingerprint density at radius 2 is 1.42 bits per heavy atom. The van der Waals surface area contributed by atoms with Crippen molar-refractivity contribution in [3.05, 3.63) is 96.6 Å². The van der Waals surface area contributed by atoms with Crippen molar-refractivity contribution in [3.8, 4) is 11.3 Å². The van der Waals surface area contributed by atoms with Gasteiger partial charge in [0.05, 0.1) is 16.0 Å². The molecule has 0 aliphatic heterocycles. The molecule has 7 heteroatoms. The Hall–Kier alpha value is -3.97. The van der Waals surface area contributed by atoms with Crippen molar-refractivity contribution in [2.24, 2.45) is 0 Å². The first kappa shape index (κ1) is 19.0. The average Bonchev–Trinajstić information content (AvgIpc) is 3.19. The number of aromatic nitrogens is 2. The first-order valence-corrected chi connectivity index (χ1v) is 11.0. The summed E-state index contributed by atoms with van der Waals surface area (Å²) >= 11 is 0. The van der Waals surface area contributed by atoms with Gasteiger partial charge in [-0.25, -0.2) is 4.79 Å². The molecule has 0 atom stereocenters. The lowest BCUT2D eigenvalue weighted by atomic mass is 10.1. The first-order valence-electron chi connectivity index (χ1n) is 9.52. The number of rotatable bonds is 4. The molecule has 31 heavy (non-hydrogen) atoms. The van der Waals surface area contributed by atoms with Crippen LogP contribution in [0.2, 0.25) is 0 Å². The molecule has 1 N–H and O–H groups in total. The second-order valence-corrected chi connectivity index (χ2v) is 8.81. The smallest absolute Gasteiger partial charge is 0.335 e. The summed E-state index contributed by atoms with van der Waals surface area (Å²) in [6.45, 7) is 0. The van der Waals surface area contributed by atoms with Crippen LogP contribution in [-0.4, -0.2) is 28.7 Å². The predicted octanol–water partition coefficient (Wildman–Crippen LogP) is 4.79. The quantitative estimate of drug-likeness (QED) is 0.444. The van der Waals surface area contributed by atoms with Gasteiger partial charge in [0.25, 0.3) is 10.0 Å². The molecule has 0 saturated carbocycles. The molecule has 6 nitrogen and oxygen atoms in total. The predicted molar refractivity (Wildman–Crippen MR) is 119 cm³/mol. The number of carbonyl (C=O) groups is 1. The van der Waals surface area contributed by atoms with Crippen LogP contribution in [0.15, 0.2) is 95.9 Å². The molecule has 0 bridgehead atoms. The van der Waals surface area contributed by atoms with E-state index >= 15 is 0 Å². The number of benzene rings is 4. The van der Waals surface area contributed by atoms with E-state index in [-0.39, 0.29) is 10.5 Å². The monoisotopic (exact) mass is 428 g/mol. The highest BCUT2D eigenvalue weighted by Gasteiger charge is 2.25. The summed E-state index contributed by atoms with van der Waals surface area (Å²) in [6.07, 6.45) is 0. The van der Waals surface area contributed by atoms with Crippen LogP contribution in [0.1, 0.15) is 10.4 Å². The van der Waals surface area contributed by atoms with Crippen molar-refractivity contribution in [3.63, 3.8) is 0 Å². The molecule has 0 saturated heterocycles. The maximum atomic E-state index is 13.7. The van der Waals surface area contributed by atoms with Gasteiger partial charge in [-0.05, 0) is 29.7 Å². The van der Waals surface area contributed by atoms with Crippen LogP contribution in [0.4, 0.5) is 0 Å². The number of fused-ring (bicyclic) bond motifs is 2. The van der Waals surface area contributed by atoms with Gasteiger partial charge in [0, 0.05) is 16.3 Å². The largest absolute Gasteiger partial charge is 0.478 e. The minimum atomic E-state index is -3.99. The molecule has 0 spiro atoms. The number of para-hydroxylation sites is 1. The van der Waals surface area contributed by atoms with E-state index in [9.17, 15) is 13.2 Å². The molecule has 4 aromatic carbocycles. The van der Waals surface area contributed by atoms with E-state index in [4.69, 9.17) is 5.11 Å². The summed E-state index contributed by atoms with van der Waals surface area (Å²) in [7, 11) is -3.99. The van der Waals surface area contributed by atoms with Crippen molar-refractivity contribution in [2.45, 2.75) is 4.90 Å². The van der Waals surface area contributed by atoms with Gasteiger partial charge in [0.1, 0.15) is 5.69 Å². The first-order chi connectivity index (χ1) is 15.0. The highest BCUT2D eigenvalue weighted by atomic mass is 32.2. The Morgan fingerprint density at radius 1 is 0.774 bits per heavy atom. The third-order valence-corrected chi connectivity index (χ3v) is 6.86. The fourth-order valence-corrected chi connectivity index (χ4v) is 5.23. The van der Waals surface area contributed by atoms with Crippen LogP contribution in [0, 0.1) is 0 Å². The van der Waals surface area contributed by atoms with Crippen LogP contribution in [-0.2, 0) is 10.0 Å². The Morgan fingerprint density at radius 3 is 2.16 bits per heavy atom. The van der Waals surface area contributed by atoms with E-state index in [0.717, 1.165) is 9.47 Å². The van der Waals surface area contributed by atoms with Gasteiger partial charge in [-0.2, -0.15) is 17.6 Å². The van der Waals surface area contributed by atoms with E-state index in [0.29, 0.717) is 27.5 Å². The molecular weight excluding hydrogens is 412 g/mol. The fourth-order valence-electron chi connectivity index (χ4n) is 3.72. The van der Waals surface area contributed by atoms with Gasteiger partial charge in [-0.1, -0.05) is 66.7 Å². The second-order valence-electron chi connectivity index (χ2n) is 7.07. The van der Waals surface area contributed by atoms with Crippen molar-refractivity contribution >= 4 is 37.7 Å². The zero-order valence-corrected chi connectivity index (χ0v) is 17.0. The van der Waals surface area contributed by atoms with Crippen LogP contribution >= 0.6 is 0 Å². The molecule has 152 valence electrons. The normalized spacial score (nSPS) is 11.7. The molecule has 0 aliphatic rings. The average molecular weight is 428 g/mol. The SMILES string of the molecule is O=C(O)c1ccc(-c2nn(S(=O)(=O)c3cccc4ccccc34)c3ccccc23)cc1. The number of carboxylic acids is 1. The summed E-state index contributed by atoms with van der Waals surface area (Å²) in [6, 6.07) is 25.8. The molecule has 0 radical (unpaired) electrons. The lowest BCUT2D eigenvalue weighted by Gasteiger charge is -2.09. The summed E-state index contributed by atoms with van der Waals surface area (Å²) < 4.78 is 28.4. The standard InChI is InChI=1S/C24H16N2O4S/c27-24(28)18-14-12-17(13-15-18)23-20-9-3-4-10-21(20)26(25-23)31(29,30)22-11-5-7-16-6-1-2-8-19(16)22/h1-15H,(H,27,28). The van der Waals surface area contributed by atoms with Crippen molar-refractivity contribution < 1.29 is 18.3 Å². The summed E-state index contributed by atoms with van der Waals surface area (Å²) in [5.74, 6) is -1.03. The molecule has 1 heterocycles. The van der Waals surface area contributed by atoms with Crippen molar-refractivity contribution in [1.29, 1.82) is 0 Å². The minimum Gasteiger partial charge on any atom is -0.478 e. The highest BCUT2D eigenvalue weighted by molar-refractivity contribution is 7.90. The maximum absolute atomic E-state index is 13.7. The van der Waals surface area contributed by atoms with E-state index in [2.05, 4.69) is 5.10 Å². The zero-order chi connectivity index (χ0) is 21.6. The summed E-state index contributed by atoms with van der Waals surface area (Å²) in [5.41, 5.74) is 1.70. The Labute approximate surface area is 178 Å². The van der Waals surface area contributed by atoms with Crippen LogP contribution in [0.25, 0.3) is 32.9 Å². The zero-order valence-electron chi connectivity index (χ0n) is 16.1. The van der Waals surface area contributed by atoms with E-state index in [1.165, 1.54) is 12.1 Å². The second kappa shape index (κ2) is 7.07. The third-order valence-electron chi connectivity index (χ3n) is 5.22. The molecule has 1 aromatic heterocycles. The minimum absolute atomic E-state index is 0.149. The van der Waals surface area contributed by atoms with Crippen LogP contribution in [0.5, 0.6) is 0 Å². The van der Waals surface area contributed by atoms with Gasteiger partial charge in [0.15, 0.2) is 0 Å². The molecule has 5 aromatic rings. The molecular formula is C24H16N2O4S. The maximum Gasteiger partial charge on any atom is 0.335 e. The molecule has 5 rings (SSSR count). The molecule has 0 amide bonds. The summed E-state index contributed by atoms with van der Waals surface area (Å²) in [5, 5.41) is 15.7. The Kier molecular flexibility index (Phi) is 4.34. The molecule has 0 fully saturated rings. The van der Waals surface area contributed by atoms with E-state index in [1.54, 1.807) is 54.6 Å². The van der Waals surface area contributed by atoms with Crippen molar-refractivity contribution in [2.75, 3.05) is 0 Å². The van der Waals surface area contributed by atoms with Crippen LogP contribution < -0.4 is 0 Å². The van der Waals surface area contributed by atoms with Gasteiger partial charge in [-0.15, -0.1) is 0 Å². The van der Waals surface area contributed by atoms with Crippen LogP contribution in [0.3, 0.4) is 0 Å². The Bertz CT molecular complexity index is 1560. The Balaban J connectivity index is 1.75. The molecule has 0 aliphatic carbocycles. The lowest BCUT2D eigenvalue weighted by Crippen LogP contribution is -2.15. The fraction of sp³-hybridized carbons (Fsp3) is 0. The van der Waals surface area contributed by atoms with Gasteiger partial charge in [-0.3, -0.25) is 0 Å². The number of nitrogens with zero attached hydrogens (tertiary/aromatic N) is 2.